The van der Waals surface area contributed by atoms with Crippen LogP contribution in [0.3, 0.4) is 0 Å². The largest absolute Gasteiger partial charge is 0.477 e. The number of nitro benzene ring substituents is 1. The summed E-state index contributed by atoms with van der Waals surface area (Å²) in [5, 5.41) is 11.1. The van der Waals surface area contributed by atoms with Gasteiger partial charge in [-0.2, -0.15) is 0 Å². The molecule has 1 fully saturated rings. The second-order valence-corrected chi connectivity index (χ2v) is 4.75. The van der Waals surface area contributed by atoms with Gasteiger partial charge in [-0.15, -0.1) is 0 Å². The molecule has 0 N–H and O–H groups in total. The van der Waals surface area contributed by atoms with Crippen molar-refractivity contribution >= 4 is 16.7 Å². The second kappa shape index (κ2) is 5.13. The first-order valence-electron chi connectivity index (χ1n) is 6.41. The highest BCUT2D eigenvalue weighted by molar-refractivity contribution is 5.82. The van der Waals surface area contributed by atoms with Crippen LogP contribution >= 0.6 is 0 Å². The molecule has 1 aliphatic heterocycles. The van der Waals surface area contributed by atoms with Crippen LogP contribution in [0.25, 0.3) is 11.0 Å². The molecule has 1 saturated heterocycles. The predicted molar refractivity (Wildman–Crippen MR) is 74.6 cm³/mol. The van der Waals surface area contributed by atoms with Crippen molar-refractivity contribution in [2.45, 2.75) is 6.54 Å². The van der Waals surface area contributed by atoms with Crippen molar-refractivity contribution in [3.05, 3.63) is 27.8 Å². The first kappa shape index (κ1) is 13.5. The summed E-state index contributed by atoms with van der Waals surface area (Å²) >= 11 is 0. The van der Waals surface area contributed by atoms with Gasteiger partial charge in [0.15, 0.2) is 0 Å². The van der Waals surface area contributed by atoms with E-state index in [1.807, 2.05) is 0 Å². The summed E-state index contributed by atoms with van der Waals surface area (Å²) in [6.07, 6.45) is 0. The van der Waals surface area contributed by atoms with Crippen molar-refractivity contribution in [1.82, 2.24) is 14.9 Å². The normalized spacial score (nSPS) is 14.2. The van der Waals surface area contributed by atoms with Gasteiger partial charge in [-0.3, -0.25) is 15.0 Å². The van der Waals surface area contributed by atoms with Crippen LogP contribution in [-0.2, 0) is 6.54 Å². The van der Waals surface area contributed by atoms with Crippen LogP contribution in [0, 0.1) is 10.1 Å². The third kappa shape index (κ3) is 2.57. The number of nitrogens with zero attached hydrogens (tertiary/aromatic N) is 4. The molecule has 0 atom stereocenters. The van der Waals surface area contributed by atoms with Crippen LogP contribution in [-0.4, -0.2) is 47.1 Å². The molecule has 0 saturated carbocycles. The molecule has 0 bridgehead atoms. The number of benzene rings is 1. The third-order valence-electron chi connectivity index (χ3n) is 3.30. The number of methoxy groups -OCH3 is 2. The van der Waals surface area contributed by atoms with Crippen molar-refractivity contribution < 1.29 is 14.4 Å². The lowest BCUT2D eigenvalue weighted by atomic mass is 10.1. The summed E-state index contributed by atoms with van der Waals surface area (Å²) < 4.78 is 10.3. The van der Waals surface area contributed by atoms with E-state index in [4.69, 9.17) is 9.47 Å². The predicted octanol–water partition coefficient (Wildman–Crippen LogP) is 1.37. The number of hydrogen-bond donors (Lipinski definition) is 0. The first-order chi connectivity index (χ1) is 10.1. The minimum Gasteiger partial charge on any atom is -0.477 e. The summed E-state index contributed by atoms with van der Waals surface area (Å²) in [5.41, 5.74) is 1.80. The molecule has 0 aliphatic carbocycles. The molecule has 0 amide bonds. The molecular formula is C13H14N4O4. The molecule has 2 heterocycles. The second-order valence-electron chi connectivity index (χ2n) is 4.75. The fraction of sp³-hybridized carbons (Fsp3) is 0.385. The zero-order valence-electron chi connectivity index (χ0n) is 11.7. The van der Waals surface area contributed by atoms with Gasteiger partial charge < -0.3 is 9.47 Å². The van der Waals surface area contributed by atoms with E-state index < -0.39 is 4.92 Å². The van der Waals surface area contributed by atoms with Crippen LogP contribution < -0.4 is 9.47 Å². The van der Waals surface area contributed by atoms with Crippen molar-refractivity contribution in [2.75, 3.05) is 27.3 Å². The Hall–Kier alpha value is -2.48. The van der Waals surface area contributed by atoms with Crippen molar-refractivity contribution in [2.24, 2.45) is 0 Å². The minimum absolute atomic E-state index is 0.000805. The van der Waals surface area contributed by atoms with Crippen LogP contribution in [0.5, 0.6) is 11.8 Å². The van der Waals surface area contributed by atoms with E-state index in [2.05, 4.69) is 14.9 Å². The Morgan fingerprint density at radius 3 is 2.48 bits per heavy atom. The monoisotopic (exact) mass is 290 g/mol. The highest BCUT2D eigenvalue weighted by atomic mass is 16.6. The summed E-state index contributed by atoms with van der Waals surface area (Å²) in [6, 6.07) is 2.94. The van der Waals surface area contributed by atoms with E-state index >= 15 is 0 Å². The van der Waals surface area contributed by atoms with Crippen molar-refractivity contribution in [1.29, 1.82) is 0 Å². The number of hydrogen-bond acceptors (Lipinski definition) is 7. The average Bonchev–Trinajstić information content (AvgIpc) is 3.29. The van der Waals surface area contributed by atoms with Gasteiger partial charge in [0.1, 0.15) is 5.52 Å². The smallest absolute Gasteiger partial charge is 0.278 e. The number of nitro groups is 1. The number of rotatable bonds is 5. The third-order valence-corrected chi connectivity index (χ3v) is 3.30. The van der Waals surface area contributed by atoms with E-state index in [0.717, 1.165) is 18.7 Å². The average molecular weight is 290 g/mol. The number of non-ortho nitro benzene ring substituents is 1. The van der Waals surface area contributed by atoms with E-state index in [9.17, 15) is 10.1 Å². The number of ether oxygens (including phenoxy) is 2. The van der Waals surface area contributed by atoms with E-state index in [-0.39, 0.29) is 17.4 Å². The van der Waals surface area contributed by atoms with Gasteiger partial charge in [-0.25, -0.2) is 9.97 Å². The Balaban J connectivity index is 2.21. The standard InChI is InChI=1S/C13H14N4O4/c1-20-12-13(21-2)15-11-8(7-16-3-4-16)5-9(17(18)19)6-10(11)14-12/h5-6H,3-4,7H2,1-2H3. The van der Waals surface area contributed by atoms with Gasteiger partial charge in [-0.05, 0) is 0 Å². The first-order valence-corrected chi connectivity index (χ1v) is 6.41. The van der Waals surface area contributed by atoms with Gasteiger partial charge in [0.25, 0.3) is 17.4 Å². The summed E-state index contributed by atoms with van der Waals surface area (Å²) in [4.78, 5) is 21.4. The molecule has 0 radical (unpaired) electrons. The van der Waals surface area contributed by atoms with Crippen LogP contribution in [0.2, 0.25) is 0 Å². The summed E-state index contributed by atoms with van der Waals surface area (Å²) in [5.74, 6) is 0.481. The fourth-order valence-corrected chi connectivity index (χ4v) is 2.14. The summed E-state index contributed by atoms with van der Waals surface area (Å²) in [7, 11) is 2.93. The molecule has 110 valence electrons. The van der Waals surface area contributed by atoms with Gasteiger partial charge in [0.2, 0.25) is 0 Å². The van der Waals surface area contributed by atoms with Gasteiger partial charge in [0.05, 0.1) is 24.7 Å². The van der Waals surface area contributed by atoms with Gasteiger partial charge in [0, 0.05) is 37.3 Å². The molecule has 1 aromatic carbocycles. The lowest BCUT2D eigenvalue weighted by Gasteiger charge is -2.10. The molecule has 0 spiro atoms. The lowest BCUT2D eigenvalue weighted by molar-refractivity contribution is -0.384. The molecule has 2 aromatic rings. The maximum Gasteiger partial charge on any atom is 0.278 e. The van der Waals surface area contributed by atoms with Crippen molar-refractivity contribution in [3.63, 3.8) is 0 Å². The van der Waals surface area contributed by atoms with Crippen molar-refractivity contribution in [3.8, 4) is 11.8 Å². The quantitative estimate of drug-likeness (QED) is 0.466. The molecule has 1 aromatic heterocycles. The van der Waals surface area contributed by atoms with E-state index in [0.29, 0.717) is 17.6 Å². The van der Waals surface area contributed by atoms with E-state index in [1.165, 1.54) is 20.3 Å². The highest BCUT2D eigenvalue weighted by Gasteiger charge is 2.23. The topological polar surface area (TPSA) is 90.4 Å². The zero-order chi connectivity index (χ0) is 15.0. The molecular weight excluding hydrogens is 276 g/mol. The molecule has 3 rings (SSSR count). The van der Waals surface area contributed by atoms with Crippen LogP contribution in [0.4, 0.5) is 5.69 Å². The molecule has 21 heavy (non-hydrogen) atoms. The van der Waals surface area contributed by atoms with Crippen LogP contribution in [0.1, 0.15) is 5.56 Å². The number of aromatic nitrogens is 2. The Labute approximate surface area is 120 Å². The van der Waals surface area contributed by atoms with Crippen LogP contribution in [0.15, 0.2) is 12.1 Å². The minimum atomic E-state index is -0.427. The van der Waals surface area contributed by atoms with E-state index in [1.54, 1.807) is 6.07 Å². The Kier molecular flexibility index (Phi) is 3.30. The van der Waals surface area contributed by atoms with Gasteiger partial charge >= 0.3 is 0 Å². The Morgan fingerprint density at radius 2 is 1.90 bits per heavy atom. The maximum absolute atomic E-state index is 11.1. The SMILES string of the molecule is COc1nc2cc([N+](=O)[O-])cc(CN3CC3)c2nc1OC. The Bertz CT molecular complexity index is 715. The molecule has 1 aliphatic rings. The van der Waals surface area contributed by atoms with Gasteiger partial charge in [-0.1, -0.05) is 0 Å². The number of fused-ring (bicyclic) bond motifs is 1. The molecule has 8 nitrogen and oxygen atoms in total. The Morgan fingerprint density at radius 1 is 1.24 bits per heavy atom. The molecule has 0 unspecified atom stereocenters. The zero-order valence-corrected chi connectivity index (χ0v) is 11.7. The fourth-order valence-electron chi connectivity index (χ4n) is 2.14. The summed E-state index contributed by atoms with van der Waals surface area (Å²) in [6.45, 7) is 2.60. The molecule has 8 heteroatoms. The maximum atomic E-state index is 11.1. The lowest BCUT2D eigenvalue weighted by Crippen LogP contribution is -2.04. The highest BCUT2D eigenvalue weighted by Crippen LogP contribution is 2.31.